The minimum atomic E-state index is -0.211. The van der Waals surface area contributed by atoms with Gasteiger partial charge in [-0.2, -0.15) is 0 Å². The van der Waals surface area contributed by atoms with Crippen LogP contribution < -0.4 is 0 Å². The molecule has 0 heterocycles. The highest BCUT2D eigenvalue weighted by atomic mass is 35.5. The molecule has 124 valence electrons. The van der Waals surface area contributed by atoms with E-state index in [1.54, 1.807) is 13.0 Å². The van der Waals surface area contributed by atoms with Gasteiger partial charge in [-0.15, -0.1) is 0 Å². The minimum absolute atomic E-state index is 0.211. The number of allylic oxidation sites excluding steroid dienone is 3. The summed E-state index contributed by atoms with van der Waals surface area (Å²) in [5.74, 6) is -0.211. The van der Waals surface area contributed by atoms with Crippen LogP contribution in [0, 0.1) is 0 Å². The Balaban J connectivity index is 2.74. The van der Waals surface area contributed by atoms with E-state index in [9.17, 15) is 4.79 Å². The number of benzene rings is 1. The van der Waals surface area contributed by atoms with Gasteiger partial charge in [-0.3, -0.25) is 4.79 Å². The van der Waals surface area contributed by atoms with Gasteiger partial charge in [-0.1, -0.05) is 41.4 Å². The topological polar surface area (TPSA) is 38.7 Å². The molecule has 0 aliphatic rings. The maximum atomic E-state index is 11.4. The van der Waals surface area contributed by atoms with Gasteiger partial charge in [0.2, 0.25) is 0 Å². The van der Waals surface area contributed by atoms with Crippen molar-refractivity contribution in [1.82, 2.24) is 0 Å². The van der Waals surface area contributed by atoms with E-state index < -0.39 is 0 Å². The van der Waals surface area contributed by atoms with Crippen molar-refractivity contribution in [2.45, 2.75) is 33.6 Å². The van der Waals surface area contributed by atoms with E-state index in [4.69, 9.17) is 27.9 Å². The lowest BCUT2D eigenvalue weighted by Gasteiger charge is -2.04. The average Bonchev–Trinajstić information content (AvgIpc) is 2.52. The summed E-state index contributed by atoms with van der Waals surface area (Å²) in [5.41, 5.74) is 2.69. The van der Waals surface area contributed by atoms with Crippen LogP contribution in [0.2, 0.25) is 5.02 Å². The van der Waals surface area contributed by atoms with E-state index in [0.29, 0.717) is 29.6 Å². The third kappa shape index (κ3) is 7.49. The van der Waals surface area contributed by atoms with Crippen LogP contribution in [-0.4, -0.2) is 18.3 Å². The minimum Gasteiger partial charge on any atom is -0.466 e. The van der Waals surface area contributed by atoms with Crippen molar-refractivity contribution in [3.8, 4) is 0 Å². The Bertz CT molecular complexity index is 616. The van der Waals surface area contributed by atoms with Gasteiger partial charge < -0.3 is 4.74 Å². The molecule has 0 aromatic heterocycles. The Morgan fingerprint density at radius 2 is 1.91 bits per heavy atom. The second-order valence-electron chi connectivity index (χ2n) is 4.84. The summed E-state index contributed by atoms with van der Waals surface area (Å²) in [4.78, 5) is 15.8. The second kappa shape index (κ2) is 10.2. The molecule has 1 rings (SSSR count). The van der Waals surface area contributed by atoms with Crippen LogP contribution in [0.25, 0.3) is 0 Å². The van der Waals surface area contributed by atoms with Gasteiger partial charge in [0.25, 0.3) is 0 Å². The van der Waals surface area contributed by atoms with Gasteiger partial charge in [0.15, 0.2) is 0 Å². The number of ether oxygens (including phenoxy) is 1. The highest BCUT2D eigenvalue weighted by molar-refractivity contribution is 6.31. The first kappa shape index (κ1) is 19.5. The van der Waals surface area contributed by atoms with Crippen LogP contribution in [0.1, 0.15) is 39.2 Å². The third-order valence-electron chi connectivity index (χ3n) is 3.13. The smallest absolute Gasteiger partial charge is 0.306 e. The van der Waals surface area contributed by atoms with E-state index in [1.165, 1.54) is 0 Å². The van der Waals surface area contributed by atoms with Gasteiger partial charge in [0.05, 0.1) is 6.61 Å². The number of hydrogen-bond donors (Lipinski definition) is 0. The molecule has 0 bridgehead atoms. The fraction of sp³-hybridized carbons (Fsp3) is 0.333. The Morgan fingerprint density at radius 3 is 2.48 bits per heavy atom. The highest BCUT2D eigenvalue weighted by Crippen LogP contribution is 2.16. The lowest BCUT2D eigenvalue weighted by Crippen LogP contribution is -2.03. The molecule has 5 heteroatoms. The van der Waals surface area contributed by atoms with Crippen LogP contribution in [0.3, 0.4) is 0 Å². The van der Waals surface area contributed by atoms with Gasteiger partial charge >= 0.3 is 5.97 Å². The van der Waals surface area contributed by atoms with Gasteiger partial charge in [-0.25, -0.2) is 4.99 Å². The summed E-state index contributed by atoms with van der Waals surface area (Å²) in [6, 6.07) is 7.40. The molecule has 0 fully saturated rings. The fourth-order valence-corrected chi connectivity index (χ4v) is 2.27. The molecule has 0 saturated heterocycles. The number of nitrogens with zero attached hydrogens (tertiary/aromatic N) is 1. The van der Waals surface area contributed by atoms with E-state index in [2.05, 4.69) is 4.99 Å². The molecule has 3 nitrogen and oxygen atoms in total. The Kier molecular flexibility index (Phi) is 8.67. The first-order valence-electron chi connectivity index (χ1n) is 7.45. The van der Waals surface area contributed by atoms with E-state index in [1.807, 2.05) is 44.2 Å². The molecule has 0 saturated carbocycles. The monoisotopic (exact) mass is 353 g/mol. The zero-order valence-corrected chi connectivity index (χ0v) is 15.1. The molecular weight excluding hydrogens is 333 g/mol. The maximum absolute atomic E-state index is 11.4. The van der Waals surface area contributed by atoms with E-state index in [-0.39, 0.29) is 5.97 Å². The van der Waals surface area contributed by atoms with Crippen molar-refractivity contribution < 1.29 is 9.53 Å². The van der Waals surface area contributed by atoms with Crippen LogP contribution in [0.4, 0.5) is 0 Å². The van der Waals surface area contributed by atoms with Crippen LogP contribution in [0.5, 0.6) is 0 Å². The Hall–Kier alpha value is -1.58. The molecule has 0 unspecified atom stereocenters. The molecule has 0 atom stereocenters. The fourth-order valence-electron chi connectivity index (χ4n) is 1.88. The Morgan fingerprint density at radius 1 is 1.26 bits per heavy atom. The summed E-state index contributed by atoms with van der Waals surface area (Å²) in [6.07, 6.45) is 4.57. The summed E-state index contributed by atoms with van der Waals surface area (Å²) < 4.78 is 4.92. The maximum Gasteiger partial charge on any atom is 0.306 e. The molecular formula is C18H21Cl2NO2. The van der Waals surface area contributed by atoms with Crippen molar-refractivity contribution in [1.29, 1.82) is 0 Å². The molecule has 0 N–H and O–H groups in total. The number of carbonyl (C=O) groups is 1. The lowest BCUT2D eigenvalue weighted by molar-refractivity contribution is -0.143. The first-order valence-corrected chi connectivity index (χ1v) is 8.21. The standard InChI is InChI=1S/C18H21Cl2NO2/c1-4-14(6-11-18(22)23-5-2)12-17(20)21-13(3)15-7-9-16(19)10-8-15/h4,7-10,12H,5-6,11H2,1-3H3/b14-4+,17-12-,21-13?. The van der Waals surface area contributed by atoms with Crippen molar-refractivity contribution in [3.63, 3.8) is 0 Å². The number of halogens is 2. The number of esters is 1. The quantitative estimate of drug-likeness (QED) is 0.280. The molecule has 1 aromatic carbocycles. The first-order chi connectivity index (χ1) is 11.0. The zero-order valence-electron chi connectivity index (χ0n) is 13.6. The average molecular weight is 354 g/mol. The predicted octanol–water partition coefficient (Wildman–Crippen LogP) is 5.52. The van der Waals surface area contributed by atoms with Crippen LogP contribution >= 0.6 is 23.2 Å². The summed E-state index contributed by atoms with van der Waals surface area (Å²) in [6.45, 7) is 5.97. The summed E-state index contributed by atoms with van der Waals surface area (Å²) >= 11 is 12.1. The normalized spacial score (nSPS) is 13.2. The second-order valence-corrected chi connectivity index (χ2v) is 5.66. The summed E-state index contributed by atoms with van der Waals surface area (Å²) in [7, 11) is 0. The summed E-state index contributed by atoms with van der Waals surface area (Å²) in [5, 5.41) is 1.05. The van der Waals surface area contributed by atoms with Gasteiger partial charge in [0.1, 0.15) is 5.16 Å². The molecule has 0 spiro atoms. The number of aliphatic imine (C=N–C) groups is 1. The highest BCUT2D eigenvalue weighted by Gasteiger charge is 2.04. The van der Waals surface area contributed by atoms with Gasteiger partial charge in [0, 0.05) is 17.2 Å². The van der Waals surface area contributed by atoms with E-state index in [0.717, 1.165) is 16.8 Å². The van der Waals surface area contributed by atoms with Crippen molar-refractivity contribution in [3.05, 3.63) is 57.7 Å². The number of carbonyl (C=O) groups excluding carboxylic acids is 1. The zero-order chi connectivity index (χ0) is 17.2. The van der Waals surface area contributed by atoms with Crippen molar-refractivity contribution >= 4 is 34.9 Å². The number of rotatable bonds is 7. The molecule has 1 aromatic rings. The largest absolute Gasteiger partial charge is 0.466 e. The molecule has 0 aliphatic carbocycles. The number of hydrogen-bond acceptors (Lipinski definition) is 3. The molecule has 0 aliphatic heterocycles. The van der Waals surface area contributed by atoms with Gasteiger partial charge in [-0.05, 0) is 56.5 Å². The Labute approximate surface area is 147 Å². The van der Waals surface area contributed by atoms with Crippen LogP contribution in [0.15, 0.2) is 52.1 Å². The van der Waals surface area contributed by atoms with Crippen LogP contribution in [-0.2, 0) is 9.53 Å². The predicted molar refractivity (Wildman–Crippen MR) is 97.2 cm³/mol. The SMILES string of the molecule is C/C=C(/C=C(/Cl)N=C(C)c1ccc(Cl)cc1)CCC(=O)OCC. The molecule has 0 amide bonds. The third-order valence-corrected chi connectivity index (χ3v) is 3.58. The van der Waals surface area contributed by atoms with Crippen molar-refractivity contribution in [2.75, 3.05) is 6.61 Å². The van der Waals surface area contributed by atoms with E-state index >= 15 is 0 Å². The molecule has 23 heavy (non-hydrogen) atoms. The lowest BCUT2D eigenvalue weighted by atomic mass is 10.1. The molecule has 0 radical (unpaired) electrons. The van der Waals surface area contributed by atoms with Crippen molar-refractivity contribution in [2.24, 2.45) is 4.99 Å².